The van der Waals surface area contributed by atoms with Crippen molar-refractivity contribution in [2.45, 2.75) is 5.79 Å². The minimum absolute atomic E-state index is 0.165. The van der Waals surface area contributed by atoms with Crippen LogP contribution in [-0.2, 0) is 4.79 Å². The standard InChI is InChI=1S/C16H13N3O6/c1-25-13-8-6-11(7-9-13)18-15(20)16(21,22)14(17-18)10-2-4-12(5-3-10)19(23)24/h2-9,21-22H,1H3. The van der Waals surface area contributed by atoms with Gasteiger partial charge in [0.05, 0.1) is 17.7 Å². The number of nitro groups is 1. The van der Waals surface area contributed by atoms with Crippen LogP contribution in [0.1, 0.15) is 5.56 Å². The molecule has 2 aromatic rings. The van der Waals surface area contributed by atoms with E-state index in [2.05, 4.69) is 5.10 Å². The van der Waals surface area contributed by atoms with Gasteiger partial charge in [-0.05, 0) is 36.4 Å². The van der Waals surface area contributed by atoms with Crippen LogP contribution in [0.15, 0.2) is 53.6 Å². The first kappa shape index (κ1) is 16.6. The Balaban J connectivity index is 1.99. The lowest BCUT2D eigenvalue weighted by atomic mass is 10.0. The maximum Gasteiger partial charge on any atom is 0.314 e. The summed E-state index contributed by atoms with van der Waals surface area (Å²) >= 11 is 0. The Kier molecular flexibility index (Phi) is 3.95. The molecule has 0 bridgehead atoms. The number of anilines is 1. The number of hydrogen-bond acceptors (Lipinski definition) is 7. The number of amides is 1. The van der Waals surface area contributed by atoms with Crippen LogP contribution in [0.5, 0.6) is 5.75 Å². The van der Waals surface area contributed by atoms with Gasteiger partial charge in [-0.25, -0.2) is 0 Å². The Morgan fingerprint density at radius 2 is 1.72 bits per heavy atom. The highest BCUT2D eigenvalue weighted by molar-refractivity contribution is 6.26. The van der Waals surface area contributed by atoms with E-state index >= 15 is 0 Å². The third-order valence-electron chi connectivity index (χ3n) is 3.69. The third-order valence-corrected chi connectivity index (χ3v) is 3.69. The molecule has 0 aliphatic carbocycles. The molecule has 9 nitrogen and oxygen atoms in total. The van der Waals surface area contributed by atoms with E-state index in [0.717, 1.165) is 5.01 Å². The molecule has 9 heteroatoms. The minimum atomic E-state index is -2.84. The van der Waals surface area contributed by atoms with Crippen molar-refractivity contribution in [2.75, 3.05) is 12.1 Å². The largest absolute Gasteiger partial charge is 0.497 e. The van der Waals surface area contributed by atoms with Gasteiger partial charge < -0.3 is 14.9 Å². The molecule has 1 amide bonds. The van der Waals surface area contributed by atoms with Crippen molar-refractivity contribution < 1.29 is 24.7 Å². The molecule has 128 valence electrons. The van der Waals surface area contributed by atoms with Crippen molar-refractivity contribution >= 4 is 23.0 Å². The number of rotatable bonds is 4. The SMILES string of the molecule is COc1ccc(N2N=C(c3ccc([N+](=O)[O-])cc3)C(O)(O)C2=O)cc1. The van der Waals surface area contributed by atoms with E-state index in [9.17, 15) is 25.1 Å². The van der Waals surface area contributed by atoms with Crippen molar-refractivity contribution in [1.82, 2.24) is 0 Å². The number of ether oxygens (including phenoxy) is 1. The molecule has 0 radical (unpaired) electrons. The van der Waals surface area contributed by atoms with Gasteiger partial charge in [-0.3, -0.25) is 14.9 Å². The summed E-state index contributed by atoms with van der Waals surface area (Å²) in [6.07, 6.45) is 0. The zero-order valence-electron chi connectivity index (χ0n) is 13.0. The van der Waals surface area contributed by atoms with Gasteiger partial charge in [0.2, 0.25) is 0 Å². The average molecular weight is 343 g/mol. The molecule has 0 aromatic heterocycles. The molecule has 0 saturated heterocycles. The molecule has 0 spiro atoms. The van der Waals surface area contributed by atoms with Gasteiger partial charge in [0.1, 0.15) is 11.5 Å². The number of carbonyl (C=O) groups excluding carboxylic acids is 1. The summed E-state index contributed by atoms with van der Waals surface area (Å²) in [6, 6.07) is 11.2. The zero-order chi connectivity index (χ0) is 18.2. The van der Waals surface area contributed by atoms with Gasteiger partial charge in [0.25, 0.3) is 11.5 Å². The number of nitrogens with zero attached hydrogens (tertiary/aromatic N) is 3. The Bertz CT molecular complexity index is 858. The highest BCUT2D eigenvalue weighted by Gasteiger charge is 2.49. The van der Waals surface area contributed by atoms with Crippen LogP contribution in [0.3, 0.4) is 0 Å². The van der Waals surface area contributed by atoms with Crippen LogP contribution in [0.4, 0.5) is 11.4 Å². The topological polar surface area (TPSA) is 126 Å². The molecular formula is C16H13N3O6. The smallest absolute Gasteiger partial charge is 0.314 e. The molecule has 25 heavy (non-hydrogen) atoms. The lowest BCUT2D eigenvalue weighted by Gasteiger charge is -2.17. The van der Waals surface area contributed by atoms with Gasteiger partial charge in [0.15, 0.2) is 0 Å². The molecule has 1 aliphatic rings. The molecular weight excluding hydrogens is 330 g/mol. The first-order chi connectivity index (χ1) is 11.8. The van der Waals surface area contributed by atoms with E-state index in [1.807, 2.05) is 0 Å². The fourth-order valence-corrected chi connectivity index (χ4v) is 2.36. The summed E-state index contributed by atoms with van der Waals surface area (Å²) in [5.74, 6) is -3.32. The van der Waals surface area contributed by atoms with Crippen LogP contribution >= 0.6 is 0 Å². The molecule has 2 aromatic carbocycles. The number of carbonyl (C=O) groups is 1. The second-order valence-corrected chi connectivity index (χ2v) is 5.24. The van der Waals surface area contributed by atoms with Crippen LogP contribution in [0.25, 0.3) is 0 Å². The summed E-state index contributed by atoms with van der Waals surface area (Å²) < 4.78 is 5.03. The van der Waals surface area contributed by atoms with E-state index < -0.39 is 16.6 Å². The first-order valence-electron chi connectivity index (χ1n) is 7.12. The van der Waals surface area contributed by atoms with Crippen molar-refractivity contribution in [1.29, 1.82) is 0 Å². The molecule has 0 saturated carbocycles. The highest BCUT2D eigenvalue weighted by atomic mass is 16.6. The van der Waals surface area contributed by atoms with E-state index in [1.165, 1.54) is 43.5 Å². The van der Waals surface area contributed by atoms with E-state index in [0.29, 0.717) is 11.4 Å². The summed E-state index contributed by atoms with van der Waals surface area (Å²) in [7, 11) is 1.49. The molecule has 3 rings (SSSR count). The van der Waals surface area contributed by atoms with Gasteiger partial charge in [-0.1, -0.05) is 0 Å². The minimum Gasteiger partial charge on any atom is -0.497 e. The Hall–Kier alpha value is -3.30. The maximum atomic E-state index is 12.3. The fraction of sp³-hybridized carbons (Fsp3) is 0.125. The maximum absolute atomic E-state index is 12.3. The lowest BCUT2D eigenvalue weighted by Crippen LogP contribution is -2.46. The number of nitro benzene ring substituents is 1. The fourth-order valence-electron chi connectivity index (χ4n) is 2.36. The second kappa shape index (κ2) is 5.96. The normalized spacial score (nSPS) is 15.9. The Morgan fingerprint density at radius 3 is 2.24 bits per heavy atom. The van der Waals surface area contributed by atoms with Gasteiger partial charge in [-0.2, -0.15) is 10.1 Å². The number of aliphatic hydroxyl groups is 2. The summed E-state index contributed by atoms with van der Waals surface area (Å²) in [5, 5.41) is 35.9. The van der Waals surface area contributed by atoms with Gasteiger partial charge in [0, 0.05) is 17.7 Å². The Morgan fingerprint density at radius 1 is 1.12 bits per heavy atom. The third kappa shape index (κ3) is 2.82. The number of hydrogen-bond donors (Lipinski definition) is 2. The zero-order valence-corrected chi connectivity index (χ0v) is 13.0. The lowest BCUT2D eigenvalue weighted by molar-refractivity contribution is -0.384. The molecule has 1 heterocycles. The number of hydrazone groups is 1. The van der Waals surface area contributed by atoms with Crippen molar-refractivity contribution in [2.24, 2.45) is 5.10 Å². The first-order valence-corrected chi connectivity index (χ1v) is 7.12. The molecule has 0 unspecified atom stereocenters. The molecule has 0 atom stereocenters. The van der Waals surface area contributed by atoms with Crippen LogP contribution in [0, 0.1) is 10.1 Å². The van der Waals surface area contributed by atoms with E-state index in [4.69, 9.17) is 4.74 Å². The molecule has 2 N–H and O–H groups in total. The van der Waals surface area contributed by atoms with Crippen molar-refractivity contribution in [3.05, 3.63) is 64.2 Å². The van der Waals surface area contributed by atoms with E-state index in [1.54, 1.807) is 12.1 Å². The predicted molar refractivity (Wildman–Crippen MR) is 87.3 cm³/mol. The number of methoxy groups -OCH3 is 1. The van der Waals surface area contributed by atoms with Crippen LogP contribution < -0.4 is 9.75 Å². The van der Waals surface area contributed by atoms with Crippen molar-refractivity contribution in [3.8, 4) is 5.75 Å². The molecule has 0 fully saturated rings. The summed E-state index contributed by atoms with van der Waals surface area (Å²) in [6.45, 7) is 0. The van der Waals surface area contributed by atoms with Crippen LogP contribution in [0.2, 0.25) is 0 Å². The summed E-state index contributed by atoms with van der Waals surface area (Å²) in [4.78, 5) is 22.4. The summed E-state index contributed by atoms with van der Waals surface area (Å²) in [5.41, 5.74) is 0.0144. The van der Waals surface area contributed by atoms with Gasteiger partial charge >= 0.3 is 5.91 Å². The van der Waals surface area contributed by atoms with Crippen molar-refractivity contribution in [3.63, 3.8) is 0 Å². The second-order valence-electron chi connectivity index (χ2n) is 5.24. The van der Waals surface area contributed by atoms with Gasteiger partial charge in [-0.15, -0.1) is 0 Å². The van der Waals surface area contributed by atoms with E-state index in [-0.39, 0.29) is 17.0 Å². The molecule has 1 aliphatic heterocycles. The van der Waals surface area contributed by atoms with Crippen LogP contribution in [-0.4, -0.2) is 39.7 Å². The number of non-ortho nitro benzene ring substituents is 1. The highest BCUT2D eigenvalue weighted by Crippen LogP contribution is 2.29. The number of benzene rings is 2. The average Bonchev–Trinajstić information content (AvgIpc) is 2.85. The monoisotopic (exact) mass is 343 g/mol. The predicted octanol–water partition coefficient (Wildman–Crippen LogP) is 1.04. The Labute approximate surface area is 141 Å². The quantitative estimate of drug-likeness (QED) is 0.485.